The lowest BCUT2D eigenvalue weighted by Gasteiger charge is -2.42. The topological polar surface area (TPSA) is 103 Å². The molecule has 4 aromatic rings. The Morgan fingerprint density at radius 1 is 0.879 bits per heavy atom. The van der Waals surface area contributed by atoms with Gasteiger partial charge in [-0.2, -0.15) is 0 Å². The molecule has 33 heavy (non-hydrogen) atoms. The van der Waals surface area contributed by atoms with Gasteiger partial charge in [-0.15, -0.1) is 0 Å². The smallest absolute Gasteiger partial charge is 0.138 e. The maximum atomic E-state index is 10.9. The first-order valence-electron chi connectivity index (χ1n) is 10.8. The maximum Gasteiger partial charge on any atom is 0.138 e. The minimum atomic E-state index is -0.614. The number of phenolic OH excluding ortho intramolecular Hbond substituents is 4. The summed E-state index contributed by atoms with van der Waals surface area (Å²) in [4.78, 5) is 0. The average Bonchev–Trinajstić information content (AvgIpc) is 3.15. The summed E-state index contributed by atoms with van der Waals surface area (Å²) in [5, 5.41) is 42.2. The lowest BCUT2D eigenvalue weighted by molar-refractivity contribution is 0.0955. The fourth-order valence-corrected chi connectivity index (χ4v) is 5.22. The number of phenols is 4. The molecule has 0 saturated carbocycles. The molecule has 0 spiro atoms. The second-order valence-corrected chi connectivity index (χ2v) is 9.13. The molecule has 166 valence electrons. The highest BCUT2D eigenvalue weighted by Gasteiger charge is 2.41. The summed E-state index contributed by atoms with van der Waals surface area (Å²) in [5.41, 5.74) is 2.64. The molecule has 3 aromatic carbocycles. The average molecular weight is 442 g/mol. The third-order valence-electron chi connectivity index (χ3n) is 6.58. The van der Waals surface area contributed by atoms with Crippen LogP contribution in [0.2, 0.25) is 0 Å². The van der Waals surface area contributed by atoms with Crippen LogP contribution in [-0.2, 0) is 0 Å². The largest absolute Gasteiger partial charge is 0.508 e. The zero-order valence-corrected chi connectivity index (χ0v) is 17.9. The molecule has 0 amide bonds. The second-order valence-electron chi connectivity index (χ2n) is 9.13. The molecule has 2 heterocycles. The van der Waals surface area contributed by atoms with Crippen LogP contribution >= 0.6 is 0 Å². The molecule has 6 nitrogen and oxygen atoms in total. The zero-order valence-electron chi connectivity index (χ0n) is 17.9. The summed E-state index contributed by atoms with van der Waals surface area (Å²) >= 11 is 0. The fraction of sp³-hybridized carbons (Fsp3) is 0.185. The second kappa shape index (κ2) is 6.72. The summed E-state index contributed by atoms with van der Waals surface area (Å²) in [7, 11) is 0. The summed E-state index contributed by atoms with van der Waals surface area (Å²) in [6.45, 7) is 1.97. The van der Waals surface area contributed by atoms with Gasteiger partial charge < -0.3 is 29.6 Å². The lowest BCUT2D eigenvalue weighted by Crippen LogP contribution is -2.39. The number of ether oxygens (including phenoxy) is 1. The van der Waals surface area contributed by atoms with Gasteiger partial charge in [0.2, 0.25) is 0 Å². The van der Waals surface area contributed by atoms with Crippen molar-refractivity contribution in [1.82, 2.24) is 0 Å². The van der Waals surface area contributed by atoms with Crippen molar-refractivity contribution in [1.29, 1.82) is 0 Å². The van der Waals surface area contributed by atoms with Crippen molar-refractivity contribution >= 4 is 16.5 Å². The van der Waals surface area contributed by atoms with E-state index in [2.05, 4.69) is 0 Å². The molecule has 1 aliphatic heterocycles. The van der Waals surface area contributed by atoms with Crippen LogP contribution in [0, 0.1) is 0 Å². The molecule has 0 unspecified atom stereocenters. The highest BCUT2D eigenvalue weighted by Crippen LogP contribution is 2.53. The molecule has 6 heteroatoms. The van der Waals surface area contributed by atoms with Gasteiger partial charge in [0.1, 0.15) is 45.7 Å². The Kier molecular flexibility index (Phi) is 3.99. The lowest BCUT2D eigenvalue weighted by atomic mass is 9.73. The third kappa shape index (κ3) is 3.18. The molecule has 2 bridgehead atoms. The molecular weight excluding hydrogens is 420 g/mol. The molecule has 1 aromatic heterocycles. The molecule has 6 rings (SSSR count). The number of allylic oxidation sites excluding steroid dienone is 1. The van der Waals surface area contributed by atoms with Crippen molar-refractivity contribution in [2.24, 2.45) is 0 Å². The van der Waals surface area contributed by atoms with Crippen LogP contribution in [0.3, 0.4) is 0 Å². The molecular formula is C27H22O6. The summed E-state index contributed by atoms with van der Waals surface area (Å²) in [5.74, 6) is 1.46. The Morgan fingerprint density at radius 2 is 1.61 bits per heavy atom. The van der Waals surface area contributed by atoms with Gasteiger partial charge >= 0.3 is 0 Å². The van der Waals surface area contributed by atoms with E-state index in [9.17, 15) is 20.4 Å². The number of hydrogen-bond donors (Lipinski definition) is 4. The van der Waals surface area contributed by atoms with E-state index in [1.54, 1.807) is 42.5 Å². The predicted octanol–water partition coefficient (Wildman–Crippen LogP) is 6.03. The first-order valence-corrected chi connectivity index (χ1v) is 10.8. The number of rotatable bonds is 2. The van der Waals surface area contributed by atoms with Crippen molar-refractivity contribution in [3.63, 3.8) is 0 Å². The van der Waals surface area contributed by atoms with Crippen molar-refractivity contribution in [3.05, 3.63) is 71.8 Å². The van der Waals surface area contributed by atoms with E-state index in [-0.39, 0.29) is 28.9 Å². The van der Waals surface area contributed by atoms with Crippen molar-refractivity contribution in [2.75, 3.05) is 0 Å². The van der Waals surface area contributed by atoms with Crippen LogP contribution in [0.1, 0.15) is 36.8 Å². The van der Waals surface area contributed by atoms with Gasteiger partial charge in [-0.25, -0.2) is 0 Å². The van der Waals surface area contributed by atoms with Crippen LogP contribution in [0.25, 0.3) is 27.9 Å². The molecule has 0 fully saturated rings. The van der Waals surface area contributed by atoms with Crippen LogP contribution in [0.15, 0.2) is 65.1 Å². The van der Waals surface area contributed by atoms with E-state index >= 15 is 0 Å². The number of benzene rings is 3. The molecule has 1 aliphatic carbocycles. The van der Waals surface area contributed by atoms with Gasteiger partial charge in [-0.3, -0.25) is 0 Å². The first-order chi connectivity index (χ1) is 15.8. The Bertz CT molecular complexity index is 1440. The number of furan rings is 1. The Hall–Kier alpha value is -4.06. The van der Waals surface area contributed by atoms with Gasteiger partial charge in [0.05, 0.1) is 5.56 Å². The highest BCUT2D eigenvalue weighted by atomic mass is 16.5. The monoisotopic (exact) mass is 442 g/mol. The van der Waals surface area contributed by atoms with E-state index < -0.39 is 5.60 Å². The summed E-state index contributed by atoms with van der Waals surface area (Å²) < 4.78 is 12.0. The maximum absolute atomic E-state index is 10.9. The Labute approximate surface area is 189 Å². The molecule has 2 atom stereocenters. The molecule has 0 radical (unpaired) electrons. The van der Waals surface area contributed by atoms with E-state index in [1.807, 2.05) is 19.1 Å². The third-order valence-corrected chi connectivity index (χ3v) is 6.58. The quantitative estimate of drug-likeness (QED) is 0.302. The van der Waals surface area contributed by atoms with Crippen LogP contribution in [0.4, 0.5) is 0 Å². The summed E-state index contributed by atoms with van der Waals surface area (Å²) in [6.07, 6.45) is 3.36. The molecule has 4 N–H and O–H groups in total. The van der Waals surface area contributed by atoms with E-state index in [0.29, 0.717) is 34.6 Å². The van der Waals surface area contributed by atoms with Crippen molar-refractivity contribution in [2.45, 2.75) is 31.3 Å². The molecule has 2 aliphatic rings. The fourth-order valence-electron chi connectivity index (χ4n) is 5.22. The number of hydrogen-bond acceptors (Lipinski definition) is 6. The zero-order chi connectivity index (χ0) is 22.9. The van der Waals surface area contributed by atoms with Crippen LogP contribution < -0.4 is 4.74 Å². The predicted molar refractivity (Wildman–Crippen MR) is 124 cm³/mol. The number of aromatic hydroxyl groups is 4. The van der Waals surface area contributed by atoms with E-state index in [4.69, 9.17) is 9.15 Å². The standard InChI is InChI=1S/C27H22O6/c1-27-12-16(20-5-4-19(29)11-25(20)33-27)6-17(13-27)26-21(30)7-15(8-22(26)31)23-9-14-2-3-18(28)10-24(14)32-23/h2-5,7-11,13,16,28-31H,6,12H2,1H3/t16-,27-/m1/s1. The highest BCUT2D eigenvalue weighted by molar-refractivity contribution is 5.86. The Morgan fingerprint density at radius 3 is 2.39 bits per heavy atom. The minimum Gasteiger partial charge on any atom is -0.508 e. The van der Waals surface area contributed by atoms with Crippen LogP contribution in [0.5, 0.6) is 28.7 Å². The van der Waals surface area contributed by atoms with Gasteiger partial charge in [0.25, 0.3) is 0 Å². The van der Waals surface area contributed by atoms with Gasteiger partial charge in [-0.1, -0.05) is 6.07 Å². The normalized spacial score (nSPS) is 21.4. The van der Waals surface area contributed by atoms with Crippen molar-refractivity contribution in [3.8, 4) is 40.1 Å². The Balaban J connectivity index is 1.40. The van der Waals surface area contributed by atoms with Crippen molar-refractivity contribution < 1.29 is 29.6 Å². The van der Waals surface area contributed by atoms with E-state index in [1.165, 1.54) is 6.07 Å². The SMILES string of the molecule is C[C@]12C=C(c3c(O)cc(-c4cc5ccc(O)cc5o4)cc3O)C[C@H](C1)c1ccc(O)cc1O2. The number of fused-ring (bicyclic) bond motifs is 5. The van der Waals surface area contributed by atoms with Gasteiger partial charge in [0, 0.05) is 23.1 Å². The van der Waals surface area contributed by atoms with E-state index in [0.717, 1.165) is 22.9 Å². The van der Waals surface area contributed by atoms with Gasteiger partial charge in [0.15, 0.2) is 0 Å². The first kappa shape index (κ1) is 19.6. The minimum absolute atomic E-state index is 0.0472. The van der Waals surface area contributed by atoms with Crippen LogP contribution in [-0.4, -0.2) is 26.0 Å². The molecule has 0 saturated heterocycles. The summed E-state index contributed by atoms with van der Waals surface area (Å²) in [6, 6.07) is 15.0. The van der Waals surface area contributed by atoms with Gasteiger partial charge in [-0.05, 0) is 79.3 Å².